The van der Waals surface area contributed by atoms with Gasteiger partial charge in [0.1, 0.15) is 5.75 Å². The number of halogens is 1. The molecular weight excluding hydrogens is 352 g/mol. The maximum Gasteiger partial charge on any atom is 0.276 e. The summed E-state index contributed by atoms with van der Waals surface area (Å²) < 4.78 is 5.41. The van der Waals surface area contributed by atoms with Crippen LogP contribution < -0.4 is 15.6 Å². The van der Waals surface area contributed by atoms with Crippen LogP contribution >= 0.6 is 11.6 Å². The molecule has 0 aliphatic heterocycles. The van der Waals surface area contributed by atoms with E-state index in [-0.39, 0.29) is 18.4 Å². The van der Waals surface area contributed by atoms with E-state index >= 15 is 0 Å². The van der Waals surface area contributed by atoms with Gasteiger partial charge in [0.05, 0.1) is 5.92 Å². The molecule has 2 N–H and O–H groups in total. The molecule has 138 valence electrons. The maximum absolute atomic E-state index is 12.5. The van der Waals surface area contributed by atoms with Crippen LogP contribution in [0.25, 0.3) is 0 Å². The summed E-state index contributed by atoms with van der Waals surface area (Å²) >= 11 is 5.90. The number of carbonyl (C=O) groups is 2. The third-order valence-electron chi connectivity index (χ3n) is 3.86. The predicted molar refractivity (Wildman–Crippen MR) is 102 cm³/mol. The zero-order valence-electron chi connectivity index (χ0n) is 15.1. The first kappa shape index (κ1) is 19.8. The van der Waals surface area contributed by atoms with Gasteiger partial charge in [-0.3, -0.25) is 20.4 Å². The van der Waals surface area contributed by atoms with E-state index in [1.807, 2.05) is 51.1 Å². The standard InChI is InChI=1S/C20H23ClN2O3/c1-13(2)19(15-7-9-16(21)10-8-15)20(25)23-22-18(24)12-26-17-6-4-5-14(3)11-17/h4-11,13,19H,12H2,1-3H3,(H,22,24)(H,23,25)/t19-/m1/s1. The van der Waals surface area contributed by atoms with Gasteiger partial charge in [-0.05, 0) is 48.2 Å². The van der Waals surface area contributed by atoms with Crippen molar-refractivity contribution in [1.82, 2.24) is 10.9 Å². The van der Waals surface area contributed by atoms with E-state index < -0.39 is 11.8 Å². The fourth-order valence-electron chi connectivity index (χ4n) is 2.61. The fourth-order valence-corrected chi connectivity index (χ4v) is 2.73. The summed E-state index contributed by atoms with van der Waals surface area (Å²) in [4.78, 5) is 24.4. The average Bonchev–Trinajstić information content (AvgIpc) is 2.60. The summed E-state index contributed by atoms with van der Waals surface area (Å²) in [5, 5.41) is 0.610. The Labute approximate surface area is 158 Å². The van der Waals surface area contributed by atoms with E-state index in [4.69, 9.17) is 16.3 Å². The van der Waals surface area contributed by atoms with Crippen molar-refractivity contribution in [2.24, 2.45) is 5.92 Å². The van der Waals surface area contributed by atoms with Crippen LogP contribution in [0, 0.1) is 12.8 Å². The molecular formula is C20H23ClN2O3. The van der Waals surface area contributed by atoms with E-state index in [0.29, 0.717) is 10.8 Å². The molecule has 0 fully saturated rings. The van der Waals surface area contributed by atoms with Gasteiger partial charge in [-0.1, -0.05) is 49.7 Å². The van der Waals surface area contributed by atoms with Crippen molar-refractivity contribution < 1.29 is 14.3 Å². The van der Waals surface area contributed by atoms with Crippen molar-refractivity contribution in [2.75, 3.05) is 6.61 Å². The number of ether oxygens (including phenoxy) is 1. The van der Waals surface area contributed by atoms with Gasteiger partial charge in [0.2, 0.25) is 5.91 Å². The van der Waals surface area contributed by atoms with Crippen molar-refractivity contribution in [2.45, 2.75) is 26.7 Å². The summed E-state index contributed by atoms with van der Waals surface area (Å²) in [6.45, 7) is 5.65. The van der Waals surface area contributed by atoms with Crippen LogP contribution in [-0.4, -0.2) is 18.4 Å². The Kier molecular flexibility index (Phi) is 7.04. The molecule has 0 heterocycles. The highest BCUT2D eigenvalue weighted by Gasteiger charge is 2.24. The lowest BCUT2D eigenvalue weighted by atomic mass is 9.88. The monoisotopic (exact) mass is 374 g/mol. The summed E-state index contributed by atoms with van der Waals surface area (Å²) in [7, 11) is 0. The molecule has 0 aromatic heterocycles. The smallest absolute Gasteiger partial charge is 0.276 e. The van der Waals surface area contributed by atoms with Gasteiger partial charge < -0.3 is 4.74 Å². The first-order valence-electron chi connectivity index (χ1n) is 8.40. The Morgan fingerprint density at radius 1 is 1.08 bits per heavy atom. The number of carbonyl (C=O) groups excluding carboxylic acids is 2. The minimum absolute atomic E-state index is 0.0524. The Bertz CT molecular complexity index is 760. The molecule has 2 aromatic rings. The van der Waals surface area contributed by atoms with Crippen LogP contribution in [0.4, 0.5) is 0 Å². The highest BCUT2D eigenvalue weighted by atomic mass is 35.5. The minimum atomic E-state index is -0.432. The molecule has 0 saturated heterocycles. The molecule has 0 radical (unpaired) electrons. The third kappa shape index (κ3) is 5.77. The number of hydrogen-bond acceptors (Lipinski definition) is 3. The molecule has 0 bridgehead atoms. The molecule has 6 heteroatoms. The maximum atomic E-state index is 12.5. The minimum Gasteiger partial charge on any atom is -0.484 e. The SMILES string of the molecule is Cc1cccc(OCC(=O)NNC(=O)[C@@H](c2ccc(Cl)cc2)C(C)C)c1. The van der Waals surface area contributed by atoms with E-state index in [2.05, 4.69) is 10.9 Å². The molecule has 0 saturated carbocycles. The van der Waals surface area contributed by atoms with Gasteiger partial charge in [-0.25, -0.2) is 0 Å². The molecule has 0 aliphatic rings. The van der Waals surface area contributed by atoms with Crippen LogP contribution in [0.15, 0.2) is 48.5 Å². The molecule has 0 aliphatic carbocycles. The molecule has 2 amide bonds. The lowest BCUT2D eigenvalue weighted by Gasteiger charge is -2.21. The summed E-state index contributed by atoms with van der Waals surface area (Å²) in [6, 6.07) is 14.5. The normalized spacial score (nSPS) is 11.7. The Morgan fingerprint density at radius 2 is 1.77 bits per heavy atom. The van der Waals surface area contributed by atoms with Gasteiger partial charge in [-0.2, -0.15) is 0 Å². The van der Waals surface area contributed by atoms with E-state index in [1.165, 1.54) is 0 Å². The number of aryl methyl sites for hydroxylation is 1. The summed E-state index contributed by atoms with van der Waals surface area (Å²) in [5.41, 5.74) is 6.75. The molecule has 2 rings (SSSR count). The number of benzene rings is 2. The molecule has 2 aromatic carbocycles. The highest BCUT2D eigenvalue weighted by molar-refractivity contribution is 6.30. The number of rotatable bonds is 6. The van der Waals surface area contributed by atoms with Crippen LogP contribution in [0.2, 0.25) is 5.02 Å². The number of hydrogen-bond donors (Lipinski definition) is 2. The van der Waals surface area contributed by atoms with Crippen LogP contribution in [0.3, 0.4) is 0 Å². The van der Waals surface area contributed by atoms with Crippen LogP contribution in [0.5, 0.6) is 5.75 Å². The van der Waals surface area contributed by atoms with Gasteiger partial charge in [-0.15, -0.1) is 0 Å². The van der Waals surface area contributed by atoms with Gasteiger partial charge in [0.25, 0.3) is 5.91 Å². The lowest BCUT2D eigenvalue weighted by molar-refractivity contribution is -0.131. The molecule has 26 heavy (non-hydrogen) atoms. The van der Waals surface area contributed by atoms with E-state index in [9.17, 15) is 9.59 Å². The van der Waals surface area contributed by atoms with E-state index in [0.717, 1.165) is 11.1 Å². The zero-order valence-corrected chi connectivity index (χ0v) is 15.8. The molecule has 1 atom stereocenters. The summed E-state index contributed by atoms with van der Waals surface area (Å²) in [6.07, 6.45) is 0. The van der Waals surface area contributed by atoms with Crippen LogP contribution in [0.1, 0.15) is 30.9 Å². The van der Waals surface area contributed by atoms with Crippen molar-refractivity contribution in [1.29, 1.82) is 0 Å². The molecule has 0 unspecified atom stereocenters. The number of nitrogens with one attached hydrogen (secondary N) is 2. The second-order valence-corrected chi connectivity index (χ2v) is 6.85. The van der Waals surface area contributed by atoms with Crippen molar-refractivity contribution in [3.05, 3.63) is 64.7 Å². The largest absolute Gasteiger partial charge is 0.484 e. The average molecular weight is 375 g/mol. The first-order chi connectivity index (χ1) is 12.4. The van der Waals surface area contributed by atoms with Crippen LogP contribution in [-0.2, 0) is 9.59 Å². The third-order valence-corrected chi connectivity index (χ3v) is 4.11. The van der Waals surface area contributed by atoms with Crippen molar-refractivity contribution in [3.63, 3.8) is 0 Å². The Morgan fingerprint density at radius 3 is 2.38 bits per heavy atom. The highest BCUT2D eigenvalue weighted by Crippen LogP contribution is 2.25. The van der Waals surface area contributed by atoms with Crippen molar-refractivity contribution >= 4 is 23.4 Å². The van der Waals surface area contributed by atoms with Gasteiger partial charge in [0.15, 0.2) is 6.61 Å². The zero-order chi connectivity index (χ0) is 19.1. The van der Waals surface area contributed by atoms with Gasteiger partial charge >= 0.3 is 0 Å². The van der Waals surface area contributed by atoms with E-state index in [1.54, 1.807) is 18.2 Å². The summed E-state index contributed by atoms with van der Waals surface area (Å²) in [5.74, 6) is -0.459. The Balaban J connectivity index is 1.88. The molecule has 5 nitrogen and oxygen atoms in total. The number of amides is 2. The van der Waals surface area contributed by atoms with Gasteiger partial charge in [0, 0.05) is 5.02 Å². The van der Waals surface area contributed by atoms with Crippen molar-refractivity contribution in [3.8, 4) is 5.75 Å². The topological polar surface area (TPSA) is 67.4 Å². The quantitative estimate of drug-likeness (QED) is 0.759. The fraction of sp³-hybridized carbons (Fsp3) is 0.300. The second kappa shape index (κ2) is 9.25. The second-order valence-electron chi connectivity index (χ2n) is 6.42. The number of hydrazine groups is 1. The Hall–Kier alpha value is -2.53. The first-order valence-corrected chi connectivity index (χ1v) is 8.78. The predicted octanol–water partition coefficient (Wildman–Crippen LogP) is 3.61. The lowest BCUT2D eigenvalue weighted by Crippen LogP contribution is -2.46. The molecule has 0 spiro atoms.